The van der Waals surface area contributed by atoms with Gasteiger partial charge in [0, 0.05) is 17.5 Å². The van der Waals surface area contributed by atoms with Crippen LogP contribution in [-0.2, 0) is 6.42 Å². The van der Waals surface area contributed by atoms with Crippen LogP contribution in [0.2, 0.25) is 0 Å². The van der Waals surface area contributed by atoms with Crippen LogP contribution < -0.4 is 0 Å². The topological polar surface area (TPSA) is 58.9 Å². The van der Waals surface area contributed by atoms with Gasteiger partial charge in [0.2, 0.25) is 0 Å². The van der Waals surface area contributed by atoms with Gasteiger partial charge in [-0.15, -0.1) is 11.3 Å². The number of thiazole rings is 1. The lowest BCUT2D eigenvalue weighted by atomic mass is 10.1. The maximum atomic E-state index is 10.1. The van der Waals surface area contributed by atoms with E-state index < -0.39 is 6.10 Å². The van der Waals surface area contributed by atoms with E-state index in [2.05, 4.69) is 15.0 Å². The summed E-state index contributed by atoms with van der Waals surface area (Å²) >= 11 is 1.53. The fraction of sp³-hybridized carbons (Fsp3) is 0.154. The molecule has 18 heavy (non-hydrogen) atoms. The number of rotatable bonds is 3. The molecule has 5 heteroatoms. The number of benzene rings is 1. The zero-order valence-corrected chi connectivity index (χ0v) is 10.3. The van der Waals surface area contributed by atoms with Crippen LogP contribution in [0.4, 0.5) is 0 Å². The standard InChI is InChI=1S/C13H11N3OS/c17-13(5-9-6-14-8-18-9)12-7-15-10-3-1-2-4-11(10)16-12/h1-4,6-8,13,17H,5H2. The molecule has 0 aliphatic heterocycles. The van der Waals surface area contributed by atoms with Crippen molar-refractivity contribution in [3.63, 3.8) is 0 Å². The van der Waals surface area contributed by atoms with Gasteiger partial charge in [0.25, 0.3) is 0 Å². The van der Waals surface area contributed by atoms with Crippen LogP contribution in [0.1, 0.15) is 16.7 Å². The van der Waals surface area contributed by atoms with Gasteiger partial charge < -0.3 is 5.11 Å². The molecule has 1 unspecified atom stereocenters. The Hall–Kier alpha value is -1.85. The molecule has 3 aromatic rings. The highest BCUT2D eigenvalue weighted by Gasteiger charge is 2.12. The summed E-state index contributed by atoms with van der Waals surface area (Å²) in [5.41, 5.74) is 4.00. The Morgan fingerprint density at radius 1 is 1.17 bits per heavy atom. The summed E-state index contributed by atoms with van der Waals surface area (Å²) in [5, 5.41) is 10.1. The maximum Gasteiger partial charge on any atom is 0.102 e. The van der Waals surface area contributed by atoms with Gasteiger partial charge in [0.05, 0.1) is 28.4 Å². The van der Waals surface area contributed by atoms with Crippen molar-refractivity contribution in [2.75, 3.05) is 0 Å². The Morgan fingerprint density at radius 2 is 2.00 bits per heavy atom. The molecule has 1 atom stereocenters. The zero-order chi connectivity index (χ0) is 12.4. The monoisotopic (exact) mass is 257 g/mol. The number of para-hydroxylation sites is 2. The van der Waals surface area contributed by atoms with Crippen molar-refractivity contribution >= 4 is 22.4 Å². The van der Waals surface area contributed by atoms with E-state index in [-0.39, 0.29) is 0 Å². The smallest absolute Gasteiger partial charge is 0.102 e. The van der Waals surface area contributed by atoms with Crippen molar-refractivity contribution in [3.8, 4) is 0 Å². The second-order valence-corrected chi connectivity index (χ2v) is 4.94. The van der Waals surface area contributed by atoms with E-state index in [0.29, 0.717) is 12.1 Å². The Labute approximate surface area is 108 Å². The van der Waals surface area contributed by atoms with Gasteiger partial charge in [0.15, 0.2) is 0 Å². The SMILES string of the molecule is OC(Cc1cncs1)c1cnc2ccccc2n1. The van der Waals surface area contributed by atoms with Gasteiger partial charge in [0.1, 0.15) is 6.10 Å². The van der Waals surface area contributed by atoms with E-state index >= 15 is 0 Å². The lowest BCUT2D eigenvalue weighted by molar-refractivity contribution is 0.174. The molecule has 0 aliphatic rings. The first kappa shape index (κ1) is 11.3. The minimum absolute atomic E-state index is 0.525. The molecule has 0 fully saturated rings. The number of aromatic nitrogens is 3. The summed E-state index contributed by atoms with van der Waals surface area (Å²) in [6, 6.07) is 7.63. The first-order valence-electron chi connectivity index (χ1n) is 5.60. The molecule has 0 spiro atoms. The molecule has 0 saturated carbocycles. The first-order valence-corrected chi connectivity index (χ1v) is 6.48. The highest BCUT2D eigenvalue weighted by Crippen LogP contribution is 2.19. The van der Waals surface area contributed by atoms with Gasteiger partial charge in [-0.25, -0.2) is 4.98 Å². The number of hydrogen-bond donors (Lipinski definition) is 1. The Bertz CT molecular complexity index is 654. The molecule has 1 N–H and O–H groups in total. The van der Waals surface area contributed by atoms with E-state index in [9.17, 15) is 5.11 Å². The predicted octanol–water partition coefficient (Wildman–Crippen LogP) is 2.36. The third-order valence-corrected chi connectivity index (χ3v) is 3.49. The summed E-state index contributed by atoms with van der Waals surface area (Å²) in [7, 11) is 0. The largest absolute Gasteiger partial charge is 0.386 e. The van der Waals surface area contributed by atoms with Crippen molar-refractivity contribution < 1.29 is 5.11 Å². The van der Waals surface area contributed by atoms with Gasteiger partial charge in [-0.05, 0) is 12.1 Å². The van der Waals surface area contributed by atoms with Crippen molar-refractivity contribution in [3.05, 3.63) is 52.7 Å². The van der Waals surface area contributed by atoms with Crippen LogP contribution in [0.25, 0.3) is 11.0 Å². The fourth-order valence-electron chi connectivity index (χ4n) is 1.77. The molecule has 4 nitrogen and oxygen atoms in total. The van der Waals surface area contributed by atoms with E-state index in [1.54, 1.807) is 17.9 Å². The number of aliphatic hydroxyl groups is 1. The average molecular weight is 257 g/mol. The second-order valence-electron chi connectivity index (χ2n) is 3.97. The van der Waals surface area contributed by atoms with Crippen LogP contribution in [0.15, 0.2) is 42.2 Å². The van der Waals surface area contributed by atoms with E-state index in [1.165, 1.54) is 11.3 Å². The van der Waals surface area contributed by atoms with Crippen LogP contribution in [-0.4, -0.2) is 20.1 Å². The van der Waals surface area contributed by atoms with E-state index in [1.807, 2.05) is 24.3 Å². The summed E-state index contributed by atoms with van der Waals surface area (Å²) < 4.78 is 0. The number of aliphatic hydroxyl groups excluding tert-OH is 1. The molecule has 0 radical (unpaired) electrons. The van der Waals surface area contributed by atoms with Gasteiger partial charge in [-0.3, -0.25) is 9.97 Å². The first-order chi connectivity index (χ1) is 8.83. The molecular weight excluding hydrogens is 246 g/mol. The number of nitrogens with zero attached hydrogens (tertiary/aromatic N) is 3. The highest BCUT2D eigenvalue weighted by atomic mass is 32.1. The molecule has 0 aliphatic carbocycles. The highest BCUT2D eigenvalue weighted by molar-refractivity contribution is 7.09. The fourth-order valence-corrected chi connectivity index (χ4v) is 2.40. The van der Waals surface area contributed by atoms with Gasteiger partial charge in [-0.1, -0.05) is 12.1 Å². The van der Waals surface area contributed by atoms with Crippen LogP contribution >= 0.6 is 11.3 Å². The molecule has 1 aromatic carbocycles. The number of fused-ring (bicyclic) bond motifs is 1. The Kier molecular flexibility index (Phi) is 3.00. The maximum absolute atomic E-state index is 10.1. The zero-order valence-electron chi connectivity index (χ0n) is 9.52. The van der Waals surface area contributed by atoms with Crippen LogP contribution in [0.3, 0.4) is 0 Å². The Balaban J connectivity index is 1.89. The minimum atomic E-state index is -0.637. The van der Waals surface area contributed by atoms with Crippen molar-refractivity contribution in [2.45, 2.75) is 12.5 Å². The molecule has 2 aromatic heterocycles. The quantitative estimate of drug-likeness (QED) is 0.782. The second kappa shape index (κ2) is 4.80. The average Bonchev–Trinajstić information content (AvgIpc) is 2.91. The summed E-state index contributed by atoms with van der Waals surface area (Å²) in [6.07, 6.45) is 3.29. The Morgan fingerprint density at radius 3 is 2.78 bits per heavy atom. The molecule has 0 saturated heterocycles. The lowest BCUT2D eigenvalue weighted by Gasteiger charge is -2.08. The van der Waals surface area contributed by atoms with Crippen molar-refractivity contribution in [1.29, 1.82) is 0 Å². The summed E-state index contributed by atoms with van der Waals surface area (Å²) in [5.74, 6) is 0. The minimum Gasteiger partial charge on any atom is -0.386 e. The van der Waals surface area contributed by atoms with Crippen molar-refractivity contribution in [2.24, 2.45) is 0 Å². The molecule has 0 amide bonds. The normalized spacial score (nSPS) is 12.7. The molecule has 3 rings (SSSR count). The molecular formula is C13H11N3OS. The van der Waals surface area contributed by atoms with E-state index in [4.69, 9.17) is 0 Å². The molecule has 2 heterocycles. The number of hydrogen-bond acceptors (Lipinski definition) is 5. The molecule has 0 bridgehead atoms. The van der Waals surface area contributed by atoms with Crippen molar-refractivity contribution in [1.82, 2.24) is 15.0 Å². The predicted molar refractivity (Wildman–Crippen MR) is 70.3 cm³/mol. The van der Waals surface area contributed by atoms with E-state index in [0.717, 1.165) is 15.9 Å². The third-order valence-electron chi connectivity index (χ3n) is 2.69. The summed E-state index contributed by atoms with van der Waals surface area (Å²) in [6.45, 7) is 0. The third kappa shape index (κ3) is 2.23. The lowest BCUT2D eigenvalue weighted by Crippen LogP contribution is -2.04. The van der Waals surface area contributed by atoms with Crippen LogP contribution in [0.5, 0.6) is 0 Å². The summed E-state index contributed by atoms with van der Waals surface area (Å²) in [4.78, 5) is 13.8. The molecule has 90 valence electrons. The van der Waals surface area contributed by atoms with Gasteiger partial charge in [-0.2, -0.15) is 0 Å². The van der Waals surface area contributed by atoms with Crippen LogP contribution in [0, 0.1) is 0 Å². The van der Waals surface area contributed by atoms with Gasteiger partial charge >= 0.3 is 0 Å².